The molecule has 3 heteroatoms. The van der Waals surface area contributed by atoms with Crippen molar-refractivity contribution in [1.82, 2.24) is 5.32 Å². The van der Waals surface area contributed by atoms with Crippen LogP contribution in [0, 0.1) is 0 Å². The second-order valence-electron chi connectivity index (χ2n) is 6.53. The highest BCUT2D eigenvalue weighted by atomic mass is 35.5. The Labute approximate surface area is 143 Å². The van der Waals surface area contributed by atoms with Crippen LogP contribution in [0.15, 0.2) is 54.6 Å². The molecule has 1 unspecified atom stereocenters. The quantitative estimate of drug-likeness (QED) is 0.813. The predicted octanol–water partition coefficient (Wildman–Crippen LogP) is 4.76. The fourth-order valence-electron chi connectivity index (χ4n) is 2.50. The van der Waals surface area contributed by atoms with Crippen LogP contribution in [0.2, 0.25) is 5.02 Å². The number of benzene rings is 2. The lowest BCUT2D eigenvalue weighted by Crippen LogP contribution is -2.44. The molecule has 0 heterocycles. The van der Waals surface area contributed by atoms with Crippen LogP contribution in [0.5, 0.6) is 0 Å². The Balaban J connectivity index is 1.93. The first-order valence-electron chi connectivity index (χ1n) is 8.00. The van der Waals surface area contributed by atoms with Crippen LogP contribution in [-0.2, 0) is 16.6 Å². The van der Waals surface area contributed by atoms with E-state index in [0.717, 1.165) is 18.4 Å². The summed E-state index contributed by atoms with van der Waals surface area (Å²) >= 11 is 5.92. The van der Waals surface area contributed by atoms with Gasteiger partial charge in [-0.25, -0.2) is 0 Å². The lowest BCUT2D eigenvalue weighted by molar-refractivity contribution is -0.126. The maximum Gasteiger partial charge on any atom is 0.230 e. The highest BCUT2D eigenvalue weighted by molar-refractivity contribution is 6.30. The average molecular weight is 330 g/mol. The van der Waals surface area contributed by atoms with E-state index in [2.05, 4.69) is 24.4 Å². The lowest BCUT2D eigenvalue weighted by Gasteiger charge is -2.26. The molecule has 0 aromatic heterocycles. The summed E-state index contributed by atoms with van der Waals surface area (Å²) in [6.07, 6.45) is 1.89. The van der Waals surface area contributed by atoms with E-state index in [1.165, 1.54) is 5.56 Å². The number of nitrogens with one attached hydrogen (secondary N) is 1. The number of rotatable bonds is 6. The number of amides is 1. The van der Waals surface area contributed by atoms with E-state index in [1.54, 1.807) is 0 Å². The second kappa shape index (κ2) is 7.65. The van der Waals surface area contributed by atoms with Crippen LogP contribution in [0.1, 0.15) is 38.3 Å². The smallest absolute Gasteiger partial charge is 0.230 e. The molecule has 0 fully saturated rings. The highest BCUT2D eigenvalue weighted by Crippen LogP contribution is 2.25. The third kappa shape index (κ3) is 4.84. The Kier molecular flexibility index (Phi) is 5.84. The monoisotopic (exact) mass is 329 g/mol. The van der Waals surface area contributed by atoms with Crippen LogP contribution < -0.4 is 5.32 Å². The molecule has 2 aromatic rings. The number of carbonyl (C=O) groups excluding carboxylic acids is 1. The van der Waals surface area contributed by atoms with Gasteiger partial charge in [0.2, 0.25) is 5.91 Å². The third-order valence-corrected chi connectivity index (χ3v) is 4.47. The van der Waals surface area contributed by atoms with Crippen molar-refractivity contribution < 1.29 is 4.79 Å². The van der Waals surface area contributed by atoms with Gasteiger partial charge in [-0.3, -0.25) is 4.79 Å². The molecule has 0 bridgehead atoms. The van der Waals surface area contributed by atoms with Gasteiger partial charge in [-0.2, -0.15) is 0 Å². The summed E-state index contributed by atoms with van der Waals surface area (Å²) in [6.45, 7) is 5.93. The van der Waals surface area contributed by atoms with Crippen LogP contribution in [0.3, 0.4) is 0 Å². The summed E-state index contributed by atoms with van der Waals surface area (Å²) in [5.41, 5.74) is 1.69. The van der Waals surface area contributed by atoms with Gasteiger partial charge in [0.25, 0.3) is 0 Å². The summed E-state index contributed by atoms with van der Waals surface area (Å²) < 4.78 is 0. The molecule has 0 saturated heterocycles. The number of aryl methyl sites for hydroxylation is 1. The van der Waals surface area contributed by atoms with Crippen LogP contribution >= 0.6 is 11.6 Å². The van der Waals surface area contributed by atoms with Gasteiger partial charge in [0.05, 0.1) is 5.41 Å². The summed E-state index contributed by atoms with van der Waals surface area (Å²) in [5, 5.41) is 3.81. The molecule has 1 atom stereocenters. The SMILES string of the molecule is CC(CCc1ccccc1)NC(=O)C(C)(C)c1ccc(Cl)cc1. The summed E-state index contributed by atoms with van der Waals surface area (Å²) in [6, 6.07) is 17.9. The van der Waals surface area contributed by atoms with Gasteiger partial charge in [0, 0.05) is 11.1 Å². The van der Waals surface area contributed by atoms with Gasteiger partial charge >= 0.3 is 0 Å². The zero-order valence-electron chi connectivity index (χ0n) is 14.0. The summed E-state index contributed by atoms with van der Waals surface area (Å²) in [5.74, 6) is 0.0420. The molecule has 0 aliphatic carbocycles. The maximum atomic E-state index is 12.6. The van der Waals surface area contributed by atoms with Crippen molar-refractivity contribution in [2.24, 2.45) is 0 Å². The normalized spacial score (nSPS) is 12.7. The van der Waals surface area contributed by atoms with Gasteiger partial charge < -0.3 is 5.32 Å². The molecule has 1 N–H and O–H groups in total. The Morgan fingerprint density at radius 2 is 1.70 bits per heavy atom. The molecule has 2 rings (SSSR count). The van der Waals surface area contributed by atoms with Crippen molar-refractivity contribution in [3.63, 3.8) is 0 Å². The van der Waals surface area contributed by atoms with Crippen molar-refractivity contribution in [3.8, 4) is 0 Å². The summed E-state index contributed by atoms with van der Waals surface area (Å²) in [7, 11) is 0. The molecule has 0 aliphatic rings. The highest BCUT2D eigenvalue weighted by Gasteiger charge is 2.30. The van der Waals surface area contributed by atoms with E-state index in [9.17, 15) is 4.79 Å². The second-order valence-corrected chi connectivity index (χ2v) is 6.97. The molecule has 23 heavy (non-hydrogen) atoms. The van der Waals surface area contributed by atoms with Crippen molar-refractivity contribution in [2.75, 3.05) is 0 Å². The van der Waals surface area contributed by atoms with E-state index >= 15 is 0 Å². The van der Waals surface area contributed by atoms with Crippen LogP contribution in [0.4, 0.5) is 0 Å². The van der Waals surface area contributed by atoms with Crippen molar-refractivity contribution in [2.45, 2.75) is 45.1 Å². The first kappa shape index (κ1) is 17.6. The minimum Gasteiger partial charge on any atom is -0.353 e. The number of carbonyl (C=O) groups is 1. The molecular formula is C20H24ClNO. The molecule has 0 spiro atoms. The molecule has 0 saturated carbocycles. The van der Waals surface area contributed by atoms with Gasteiger partial charge in [0.15, 0.2) is 0 Å². The van der Waals surface area contributed by atoms with E-state index in [0.29, 0.717) is 5.02 Å². The number of halogens is 1. The van der Waals surface area contributed by atoms with E-state index in [1.807, 2.05) is 56.3 Å². The van der Waals surface area contributed by atoms with Gasteiger partial charge in [-0.1, -0.05) is 54.1 Å². The molecular weight excluding hydrogens is 306 g/mol. The zero-order valence-corrected chi connectivity index (χ0v) is 14.7. The van der Waals surface area contributed by atoms with E-state index < -0.39 is 5.41 Å². The van der Waals surface area contributed by atoms with Gasteiger partial charge in [-0.15, -0.1) is 0 Å². The zero-order chi connectivity index (χ0) is 16.9. The topological polar surface area (TPSA) is 29.1 Å². The molecule has 2 nitrogen and oxygen atoms in total. The molecule has 0 aliphatic heterocycles. The Morgan fingerprint density at radius 3 is 2.30 bits per heavy atom. The van der Waals surface area contributed by atoms with Gasteiger partial charge in [-0.05, 0) is 56.9 Å². The average Bonchev–Trinajstić information content (AvgIpc) is 2.54. The summed E-state index contributed by atoms with van der Waals surface area (Å²) in [4.78, 5) is 12.6. The lowest BCUT2D eigenvalue weighted by atomic mass is 9.83. The fourth-order valence-corrected chi connectivity index (χ4v) is 2.63. The Morgan fingerprint density at radius 1 is 1.09 bits per heavy atom. The fraction of sp³-hybridized carbons (Fsp3) is 0.350. The van der Waals surface area contributed by atoms with Crippen molar-refractivity contribution >= 4 is 17.5 Å². The Bertz CT molecular complexity index is 634. The predicted molar refractivity (Wildman–Crippen MR) is 96.8 cm³/mol. The minimum atomic E-state index is -0.578. The minimum absolute atomic E-state index is 0.0420. The first-order valence-corrected chi connectivity index (χ1v) is 8.38. The molecule has 2 aromatic carbocycles. The van der Waals surface area contributed by atoms with Crippen LogP contribution in [-0.4, -0.2) is 11.9 Å². The number of hydrogen-bond acceptors (Lipinski definition) is 1. The largest absolute Gasteiger partial charge is 0.353 e. The molecule has 122 valence electrons. The standard InChI is InChI=1S/C20H24ClNO/c1-15(9-10-16-7-5-4-6-8-16)22-19(23)20(2,3)17-11-13-18(21)14-12-17/h4-8,11-15H,9-10H2,1-3H3,(H,22,23). The van der Waals surface area contributed by atoms with E-state index in [-0.39, 0.29) is 11.9 Å². The molecule has 0 radical (unpaired) electrons. The maximum absolute atomic E-state index is 12.6. The molecule has 1 amide bonds. The van der Waals surface area contributed by atoms with Gasteiger partial charge in [0.1, 0.15) is 0 Å². The third-order valence-electron chi connectivity index (χ3n) is 4.22. The van der Waals surface area contributed by atoms with Crippen molar-refractivity contribution in [3.05, 3.63) is 70.7 Å². The van der Waals surface area contributed by atoms with Crippen LogP contribution in [0.25, 0.3) is 0 Å². The first-order chi connectivity index (χ1) is 10.9. The van der Waals surface area contributed by atoms with Crippen molar-refractivity contribution in [1.29, 1.82) is 0 Å². The van der Waals surface area contributed by atoms with E-state index in [4.69, 9.17) is 11.6 Å². The number of hydrogen-bond donors (Lipinski definition) is 1. The Hall–Kier alpha value is -1.80.